The first-order chi connectivity index (χ1) is 16.0. The van der Waals surface area contributed by atoms with Crippen molar-refractivity contribution in [3.8, 4) is 6.07 Å². The minimum absolute atomic E-state index is 0.0297. The smallest absolute Gasteiger partial charge is 0.268 e. The molecule has 2 N–H and O–H groups in total. The molecule has 1 atom stereocenters. The van der Waals surface area contributed by atoms with Gasteiger partial charge in [-0.1, -0.05) is 19.1 Å². The van der Waals surface area contributed by atoms with Crippen molar-refractivity contribution in [2.45, 2.75) is 38.3 Å². The second kappa shape index (κ2) is 10.2. The number of aromatic nitrogens is 2. The Morgan fingerprint density at radius 1 is 1.29 bits per heavy atom. The third-order valence-corrected chi connectivity index (χ3v) is 6.57. The third kappa shape index (κ3) is 6.50. The molecular weight excluding hydrogens is 470 g/mol. The van der Waals surface area contributed by atoms with E-state index in [0.29, 0.717) is 18.7 Å². The Hall–Kier alpha value is -3.53. The van der Waals surface area contributed by atoms with Gasteiger partial charge in [-0.2, -0.15) is 10.4 Å². The number of benzene rings is 1. The van der Waals surface area contributed by atoms with Gasteiger partial charge < -0.3 is 10.2 Å². The van der Waals surface area contributed by atoms with E-state index < -0.39 is 53.3 Å². The highest BCUT2D eigenvalue weighted by molar-refractivity contribution is 7.92. The predicted molar refractivity (Wildman–Crippen MR) is 118 cm³/mol. The summed E-state index contributed by atoms with van der Waals surface area (Å²) < 4.78 is 54.6. The zero-order valence-corrected chi connectivity index (χ0v) is 19.2. The Kier molecular flexibility index (Phi) is 7.51. The topological polar surface area (TPSA) is 137 Å². The molecule has 0 saturated carbocycles. The molecule has 34 heavy (non-hydrogen) atoms. The molecule has 1 fully saturated rings. The van der Waals surface area contributed by atoms with E-state index in [1.807, 2.05) is 0 Å². The Morgan fingerprint density at radius 2 is 2.00 bits per heavy atom. The maximum Gasteiger partial charge on any atom is 0.268 e. The zero-order valence-electron chi connectivity index (χ0n) is 18.4. The molecule has 0 radical (unpaired) electrons. The summed E-state index contributed by atoms with van der Waals surface area (Å²) in [6, 6.07) is 7.16. The van der Waals surface area contributed by atoms with Crippen LogP contribution in [-0.4, -0.2) is 65.7 Å². The molecule has 10 nitrogen and oxygen atoms in total. The van der Waals surface area contributed by atoms with Crippen LogP contribution in [-0.2, 0) is 21.4 Å². The van der Waals surface area contributed by atoms with Crippen LogP contribution in [0.1, 0.15) is 35.7 Å². The molecule has 2 amide bonds. The van der Waals surface area contributed by atoms with Crippen molar-refractivity contribution in [3.63, 3.8) is 0 Å². The minimum atomic E-state index is -3.38. The number of rotatable bonds is 9. The number of nitrogens with one attached hydrogen (secondary N) is 2. The van der Waals surface area contributed by atoms with Gasteiger partial charge in [-0.15, -0.1) is 0 Å². The molecular formula is C21H24F2N6O4S. The lowest BCUT2D eigenvalue weighted by Gasteiger charge is -2.19. The quantitative estimate of drug-likeness (QED) is 0.543. The van der Waals surface area contributed by atoms with Crippen molar-refractivity contribution in [1.82, 2.24) is 20.0 Å². The SMILES string of the molecule is CCCS(=O)(=O)Nc1ccc(Cn2cc(C(=O)NCC(=O)N3CC(F)(F)C[C@H]3C#N)cn2)cc1. The summed E-state index contributed by atoms with van der Waals surface area (Å²) in [6.45, 7) is 0.711. The summed E-state index contributed by atoms with van der Waals surface area (Å²) >= 11 is 0. The van der Waals surface area contributed by atoms with Crippen LogP contribution in [0, 0.1) is 11.3 Å². The fraction of sp³-hybridized carbons (Fsp3) is 0.429. The number of halogens is 2. The standard InChI is InChI=1S/C21H24F2N6O4S/c1-2-7-34(32,33)27-17-5-3-15(4-6-17)12-28-13-16(10-26-28)20(31)25-11-19(30)29-14-21(22,23)8-18(29)9-24/h3-6,10,13,18,27H,2,7-8,11-12,14H2,1H3,(H,25,31)/t18-/m0/s1. The van der Waals surface area contributed by atoms with Gasteiger partial charge in [0.15, 0.2) is 0 Å². The van der Waals surface area contributed by atoms with Crippen LogP contribution >= 0.6 is 0 Å². The van der Waals surface area contributed by atoms with Crippen LogP contribution < -0.4 is 10.0 Å². The number of likely N-dealkylation sites (tertiary alicyclic amines) is 1. The van der Waals surface area contributed by atoms with Crippen LogP contribution in [0.4, 0.5) is 14.5 Å². The summed E-state index contributed by atoms with van der Waals surface area (Å²) in [4.78, 5) is 25.3. The van der Waals surface area contributed by atoms with Crippen molar-refractivity contribution in [1.29, 1.82) is 5.26 Å². The van der Waals surface area contributed by atoms with Crippen molar-refractivity contribution in [2.24, 2.45) is 0 Å². The molecule has 0 unspecified atom stereocenters. The van der Waals surface area contributed by atoms with Gasteiger partial charge in [0.25, 0.3) is 11.8 Å². The van der Waals surface area contributed by atoms with E-state index in [0.717, 1.165) is 10.5 Å². The molecule has 1 saturated heterocycles. The van der Waals surface area contributed by atoms with E-state index in [1.54, 1.807) is 37.3 Å². The van der Waals surface area contributed by atoms with E-state index in [9.17, 15) is 26.8 Å². The highest BCUT2D eigenvalue weighted by Gasteiger charge is 2.47. The maximum absolute atomic E-state index is 13.5. The van der Waals surface area contributed by atoms with E-state index in [-0.39, 0.29) is 11.3 Å². The summed E-state index contributed by atoms with van der Waals surface area (Å²) in [5.41, 5.74) is 1.42. The van der Waals surface area contributed by atoms with Gasteiger partial charge in [-0.25, -0.2) is 17.2 Å². The highest BCUT2D eigenvalue weighted by Crippen LogP contribution is 2.31. The van der Waals surface area contributed by atoms with Gasteiger partial charge in [-0.05, 0) is 24.1 Å². The molecule has 1 aliphatic rings. The molecule has 1 aromatic carbocycles. The number of sulfonamides is 1. The first-order valence-electron chi connectivity index (χ1n) is 10.5. The second-order valence-electron chi connectivity index (χ2n) is 7.95. The van der Waals surface area contributed by atoms with Crippen LogP contribution in [0.5, 0.6) is 0 Å². The lowest BCUT2D eigenvalue weighted by molar-refractivity contribution is -0.131. The second-order valence-corrected chi connectivity index (χ2v) is 9.80. The van der Waals surface area contributed by atoms with Crippen LogP contribution in [0.25, 0.3) is 0 Å². The van der Waals surface area contributed by atoms with Crippen molar-refractivity contribution >= 4 is 27.5 Å². The van der Waals surface area contributed by atoms with Crippen LogP contribution in [0.3, 0.4) is 0 Å². The van der Waals surface area contributed by atoms with E-state index in [1.165, 1.54) is 17.1 Å². The van der Waals surface area contributed by atoms with Gasteiger partial charge in [0.1, 0.15) is 6.04 Å². The number of hydrogen-bond donors (Lipinski definition) is 2. The fourth-order valence-electron chi connectivity index (χ4n) is 3.49. The Morgan fingerprint density at radius 3 is 2.65 bits per heavy atom. The Balaban J connectivity index is 1.53. The molecule has 1 aromatic heterocycles. The van der Waals surface area contributed by atoms with Crippen molar-refractivity contribution in [3.05, 3.63) is 47.8 Å². The van der Waals surface area contributed by atoms with Gasteiger partial charge in [-0.3, -0.25) is 19.0 Å². The maximum atomic E-state index is 13.5. The average Bonchev–Trinajstić information content (AvgIpc) is 3.36. The number of anilines is 1. The number of hydrogen-bond acceptors (Lipinski definition) is 6. The van der Waals surface area contributed by atoms with E-state index in [4.69, 9.17) is 5.26 Å². The van der Waals surface area contributed by atoms with Gasteiger partial charge in [0, 0.05) is 18.3 Å². The van der Waals surface area contributed by atoms with E-state index >= 15 is 0 Å². The van der Waals surface area contributed by atoms with Crippen LogP contribution in [0.2, 0.25) is 0 Å². The van der Waals surface area contributed by atoms with E-state index in [2.05, 4.69) is 15.1 Å². The number of nitriles is 1. The molecule has 0 aliphatic carbocycles. The fourth-order valence-corrected chi connectivity index (χ4v) is 4.62. The number of carbonyl (C=O) groups excluding carboxylic acids is 2. The minimum Gasteiger partial charge on any atom is -0.343 e. The molecule has 2 aromatic rings. The van der Waals surface area contributed by atoms with Gasteiger partial charge >= 0.3 is 0 Å². The summed E-state index contributed by atoms with van der Waals surface area (Å²) in [6.07, 6.45) is 2.54. The largest absolute Gasteiger partial charge is 0.343 e. The van der Waals surface area contributed by atoms with Crippen molar-refractivity contribution < 1.29 is 26.8 Å². The molecule has 13 heteroatoms. The number of alkyl halides is 2. The lowest BCUT2D eigenvalue weighted by Crippen LogP contribution is -2.42. The Labute approximate surface area is 195 Å². The molecule has 1 aliphatic heterocycles. The molecule has 2 heterocycles. The number of nitrogens with zero attached hydrogens (tertiary/aromatic N) is 4. The summed E-state index contributed by atoms with van der Waals surface area (Å²) in [7, 11) is -3.38. The number of carbonyl (C=O) groups is 2. The molecule has 0 spiro atoms. The summed E-state index contributed by atoms with van der Waals surface area (Å²) in [5, 5.41) is 15.4. The van der Waals surface area contributed by atoms with Gasteiger partial charge in [0.2, 0.25) is 15.9 Å². The zero-order chi connectivity index (χ0) is 24.9. The normalized spacial score (nSPS) is 17.2. The molecule has 0 bridgehead atoms. The van der Waals surface area contributed by atoms with Gasteiger partial charge in [0.05, 0.1) is 43.2 Å². The first-order valence-corrected chi connectivity index (χ1v) is 12.1. The number of amides is 2. The van der Waals surface area contributed by atoms with Crippen molar-refractivity contribution in [2.75, 3.05) is 23.6 Å². The predicted octanol–water partition coefficient (Wildman–Crippen LogP) is 1.57. The monoisotopic (exact) mass is 494 g/mol. The highest BCUT2D eigenvalue weighted by atomic mass is 32.2. The first kappa shape index (κ1) is 25.1. The molecule has 3 rings (SSSR count). The molecule has 182 valence electrons. The average molecular weight is 495 g/mol. The lowest BCUT2D eigenvalue weighted by atomic mass is 10.2. The Bertz CT molecular complexity index is 1190. The van der Waals surface area contributed by atoms with Crippen LogP contribution in [0.15, 0.2) is 36.7 Å². The summed E-state index contributed by atoms with van der Waals surface area (Å²) in [5.74, 6) is -4.47. The third-order valence-electron chi connectivity index (χ3n) is 5.08.